The number of likely N-dealkylation sites (tertiary alicyclic amines) is 1. The molecule has 2 N–H and O–H groups in total. The smallest absolute Gasteiger partial charge is 0.251 e. The van der Waals surface area contributed by atoms with Gasteiger partial charge in [0.1, 0.15) is 5.75 Å². The predicted molar refractivity (Wildman–Crippen MR) is 91.4 cm³/mol. The zero-order valence-electron chi connectivity index (χ0n) is 13.8. The van der Waals surface area contributed by atoms with Gasteiger partial charge >= 0.3 is 0 Å². The summed E-state index contributed by atoms with van der Waals surface area (Å²) in [5.41, 5.74) is 1.16. The van der Waals surface area contributed by atoms with E-state index in [9.17, 15) is 4.79 Å². The largest absolute Gasteiger partial charge is 0.495 e. The molecule has 1 aliphatic rings. The summed E-state index contributed by atoms with van der Waals surface area (Å²) in [6.45, 7) is 1.22. The molecule has 0 unspecified atom stereocenters. The second kappa shape index (κ2) is 7.49. The molecular formula is C17H18N6O2. The molecule has 1 amide bonds. The number of amides is 1. The van der Waals surface area contributed by atoms with E-state index in [0.29, 0.717) is 36.0 Å². The summed E-state index contributed by atoms with van der Waals surface area (Å²) in [6, 6.07) is 6.83. The Bertz CT molecular complexity index is 789. The van der Waals surface area contributed by atoms with Crippen LogP contribution in [0, 0.1) is 11.5 Å². The summed E-state index contributed by atoms with van der Waals surface area (Å²) < 4.78 is 5.36. The van der Waals surface area contributed by atoms with Crippen LogP contribution in [-0.4, -0.2) is 47.0 Å². The number of carbonyl (C=O) groups is 1. The highest BCUT2D eigenvalue weighted by atomic mass is 16.5. The molecule has 0 spiro atoms. The third-order valence-electron chi connectivity index (χ3n) is 3.94. The molecule has 1 aromatic heterocycles. The molecule has 1 aliphatic heterocycles. The van der Waals surface area contributed by atoms with Gasteiger partial charge in [-0.3, -0.25) is 4.79 Å². The van der Waals surface area contributed by atoms with Crippen molar-refractivity contribution in [3.63, 3.8) is 0 Å². The minimum atomic E-state index is -0.189. The molecule has 2 aromatic rings. The quantitative estimate of drug-likeness (QED) is 0.797. The Balaban J connectivity index is 1.70. The lowest BCUT2D eigenvalue weighted by molar-refractivity contribution is 0.0938. The van der Waals surface area contributed by atoms with E-state index in [1.54, 1.807) is 41.6 Å². The van der Waals surface area contributed by atoms with Crippen LogP contribution < -0.4 is 15.4 Å². The standard InChI is InChI=1S/C17H18N6O2/c1-25-15-9-12(16(24)21-13-5-8-23(10-13)11-18)3-4-14(15)22-17-19-6-2-7-20-17/h2-4,6-7,9,13H,5,8,10H2,1H3,(H,21,24)(H,19,20,22)/t13-/m1/s1. The van der Waals surface area contributed by atoms with Gasteiger partial charge in [-0.05, 0) is 30.7 Å². The van der Waals surface area contributed by atoms with Gasteiger partial charge in [-0.25, -0.2) is 9.97 Å². The molecule has 8 nitrogen and oxygen atoms in total. The molecule has 0 bridgehead atoms. The van der Waals surface area contributed by atoms with Crippen molar-refractivity contribution < 1.29 is 9.53 Å². The predicted octanol–water partition coefficient (Wildman–Crippen LogP) is 1.51. The van der Waals surface area contributed by atoms with Crippen LogP contribution in [0.1, 0.15) is 16.8 Å². The Morgan fingerprint density at radius 1 is 1.40 bits per heavy atom. The number of nitrogens with zero attached hydrogens (tertiary/aromatic N) is 4. The maximum absolute atomic E-state index is 12.4. The molecule has 0 saturated carbocycles. The minimum absolute atomic E-state index is 0.0198. The van der Waals surface area contributed by atoms with Crippen molar-refractivity contribution >= 4 is 17.5 Å². The molecule has 0 aliphatic carbocycles. The summed E-state index contributed by atoms with van der Waals surface area (Å²) in [6.07, 6.45) is 6.13. The number of hydrogen-bond acceptors (Lipinski definition) is 7. The van der Waals surface area contributed by atoms with E-state index in [4.69, 9.17) is 10.00 Å². The number of anilines is 2. The maximum Gasteiger partial charge on any atom is 0.251 e. The van der Waals surface area contributed by atoms with Crippen LogP contribution in [0.15, 0.2) is 36.7 Å². The van der Waals surface area contributed by atoms with Crippen molar-refractivity contribution in [3.8, 4) is 11.9 Å². The fourth-order valence-electron chi connectivity index (χ4n) is 2.66. The normalized spacial score (nSPS) is 16.2. The van der Waals surface area contributed by atoms with Gasteiger partial charge in [-0.1, -0.05) is 0 Å². The minimum Gasteiger partial charge on any atom is -0.495 e. The van der Waals surface area contributed by atoms with Crippen LogP contribution in [-0.2, 0) is 0 Å². The molecule has 1 saturated heterocycles. The lowest BCUT2D eigenvalue weighted by Crippen LogP contribution is -2.36. The molecule has 25 heavy (non-hydrogen) atoms. The van der Waals surface area contributed by atoms with Crippen LogP contribution in [0.3, 0.4) is 0 Å². The maximum atomic E-state index is 12.4. The number of carbonyl (C=O) groups excluding carboxylic acids is 1. The first-order chi connectivity index (χ1) is 12.2. The highest BCUT2D eigenvalue weighted by Crippen LogP contribution is 2.27. The van der Waals surface area contributed by atoms with Gasteiger partial charge in [0, 0.05) is 37.1 Å². The number of rotatable bonds is 5. The number of hydrogen-bond donors (Lipinski definition) is 2. The van der Waals surface area contributed by atoms with Crippen molar-refractivity contribution in [1.29, 1.82) is 5.26 Å². The van der Waals surface area contributed by atoms with Crippen LogP contribution in [0.2, 0.25) is 0 Å². The first-order valence-corrected chi connectivity index (χ1v) is 7.87. The third kappa shape index (κ3) is 3.95. The van der Waals surface area contributed by atoms with E-state index >= 15 is 0 Å². The van der Waals surface area contributed by atoms with E-state index in [1.165, 1.54) is 7.11 Å². The van der Waals surface area contributed by atoms with Crippen molar-refractivity contribution in [2.24, 2.45) is 0 Å². The molecule has 1 fully saturated rings. The van der Waals surface area contributed by atoms with Crippen molar-refractivity contribution in [2.45, 2.75) is 12.5 Å². The topological polar surface area (TPSA) is 103 Å². The lowest BCUT2D eigenvalue weighted by Gasteiger charge is -2.14. The molecule has 3 rings (SSSR count). The summed E-state index contributed by atoms with van der Waals surface area (Å²) >= 11 is 0. The summed E-state index contributed by atoms with van der Waals surface area (Å²) in [5, 5.41) is 14.9. The molecule has 2 heterocycles. The van der Waals surface area contributed by atoms with E-state index in [0.717, 1.165) is 6.42 Å². The Labute approximate surface area is 145 Å². The van der Waals surface area contributed by atoms with Crippen LogP contribution in [0.25, 0.3) is 0 Å². The Morgan fingerprint density at radius 2 is 2.20 bits per heavy atom. The third-order valence-corrected chi connectivity index (χ3v) is 3.94. The zero-order valence-corrected chi connectivity index (χ0v) is 13.8. The second-order valence-corrected chi connectivity index (χ2v) is 5.62. The summed E-state index contributed by atoms with van der Waals surface area (Å²) in [7, 11) is 1.54. The van der Waals surface area contributed by atoms with Crippen molar-refractivity contribution in [3.05, 3.63) is 42.2 Å². The van der Waals surface area contributed by atoms with Gasteiger partial charge in [-0.2, -0.15) is 5.26 Å². The van der Waals surface area contributed by atoms with E-state index in [-0.39, 0.29) is 11.9 Å². The monoisotopic (exact) mass is 338 g/mol. The van der Waals surface area contributed by atoms with Crippen LogP contribution in [0.5, 0.6) is 5.75 Å². The first kappa shape index (κ1) is 16.5. The Morgan fingerprint density at radius 3 is 2.88 bits per heavy atom. The van der Waals surface area contributed by atoms with Gasteiger partial charge in [0.2, 0.25) is 5.95 Å². The van der Waals surface area contributed by atoms with Crippen molar-refractivity contribution in [2.75, 3.05) is 25.5 Å². The number of nitrogens with one attached hydrogen (secondary N) is 2. The molecule has 1 atom stereocenters. The number of methoxy groups -OCH3 is 1. The van der Waals surface area contributed by atoms with Gasteiger partial charge in [0.05, 0.1) is 12.8 Å². The second-order valence-electron chi connectivity index (χ2n) is 5.62. The number of ether oxygens (including phenoxy) is 1. The van der Waals surface area contributed by atoms with Gasteiger partial charge < -0.3 is 20.3 Å². The highest BCUT2D eigenvalue weighted by Gasteiger charge is 2.23. The molecule has 128 valence electrons. The van der Waals surface area contributed by atoms with Crippen LogP contribution >= 0.6 is 0 Å². The van der Waals surface area contributed by atoms with E-state index in [1.807, 2.05) is 0 Å². The fraction of sp³-hybridized carbons (Fsp3) is 0.294. The van der Waals surface area contributed by atoms with Crippen molar-refractivity contribution in [1.82, 2.24) is 20.2 Å². The summed E-state index contributed by atoms with van der Waals surface area (Å²) in [5.74, 6) is 0.774. The van der Waals surface area contributed by atoms with E-state index in [2.05, 4.69) is 26.8 Å². The fourth-order valence-corrected chi connectivity index (χ4v) is 2.66. The van der Waals surface area contributed by atoms with Gasteiger partial charge in [-0.15, -0.1) is 0 Å². The average Bonchev–Trinajstić information content (AvgIpc) is 3.10. The zero-order chi connectivity index (χ0) is 17.6. The number of benzene rings is 1. The first-order valence-electron chi connectivity index (χ1n) is 7.87. The number of aromatic nitrogens is 2. The highest BCUT2D eigenvalue weighted by molar-refractivity contribution is 5.95. The number of nitriles is 1. The molecule has 1 aromatic carbocycles. The van der Waals surface area contributed by atoms with Gasteiger partial charge in [0.15, 0.2) is 6.19 Å². The SMILES string of the molecule is COc1cc(C(=O)N[C@@H]2CCN(C#N)C2)ccc1Nc1ncccn1. The lowest BCUT2D eigenvalue weighted by atomic mass is 10.1. The van der Waals surface area contributed by atoms with Gasteiger partial charge in [0.25, 0.3) is 5.91 Å². The Kier molecular flexibility index (Phi) is 4.95. The average molecular weight is 338 g/mol. The Hall–Kier alpha value is -3.34. The molecular weight excluding hydrogens is 320 g/mol. The molecule has 0 radical (unpaired) electrons. The summed E-state index contributed by atoms with van der Waals surface area (Å²) in [4.78, 5) is 22.3. The molecule has 8 heteroatoms. The van der Waals surface area contributed by atoms with Crippen LogP contribution in [0.4, 0.5) is 11.6 Å². The van der Waals surface area contributed by atoms with E-state index < -0.39 is 0 Å².